The molecule has 0 unspecified atom stereocenters. The summed E-state index contributed by atoms with van der Waals surface area (Å²) in [6.07, 6.45) is 0. The zero-order chi connectivity index (χ0) is 21.4. The number of benzene rings is 2. The Morgan fingerprint density at radius 3 is 2.33 bits per heavy atom. The quantitative estimate of drug-likeness (QED) is 0.364. The highest BCUT2D eigenvalue weighted by Gasteiger charge is 2.41. The van der Waals surface area contributed by atoms with Crippen LogP contribution in [0, 0.1) is 0 Å². The fourth-order valence-electron chi connectivity index (χ4n) is 3.39. The zero-order valence-electron chi connectivity index (χ0n) is 16.2. The molecule has 8 heteroatoms. The van der Waals surface area contributed by atoms with Gasteiger partial charge in [0, 0.05) is 23.1 Å². The van der Waals surface area contributed by atoms with Crippen LogP contribution < -0.4 is 10.4 Å². The first-order valence-corrected chi connectivity index (χ1v) is 9.15. The Kier molecular flexibility index (Phi) is 4.83. The second kappa shape index (κ2) is 7.47. The number of carbonyl (C=O) groups excluding carboxylic acids is 3. The van der Waals surface area contributed by atoms with E-state index in [1.807, 2.05) is 0 Å². The van der Waals surface area contributed by atoms with Crippen LogP contribution in [0.15, 0.2) is 57.7 Å². The maximum absolute atomic E-state index is 12.6. The molecular weight excluding hydrogens is 390 g/mol. The van der Waals surface area contributed by atoms with Gasteiger partial charge in [0.05, 0.1) is 18.2 Å². The number of hydrogen-bond donors (Lipinski definition) is 0. The Labute approximate surface area is 170 Å². The molecule has 1 aromatic heterocycles. The average Bonchev–Trinajstić information content (AvgIpc) is 3.01. The summed E-state index contributed by atoms with van der Waals surface area (Å²) >= 11 is 0. The Morgan fingerprint density at radius 1 is 1.03 bits per heavy atom. The molecule has 2 aromatic carbocycles. The van der Waals surface area contributed by atoms with Crippen molar-refractivity contribution >= 4 is 28.8 Å². The molecule has 0 spiro atoms. The zero-order valence-corrected chi connectivity index (χ0v) is 16.2. The van der Waals surface area contributed by atoms with Crippen LogP contribution in [-0.4, -0.2) is 35.8 Å². The second-order valence-corrected chi connectivity index (χ2v) is 6.76. The van der Waals surface area contributed by atoms with Crippen molar-refractivity contribution in [2.75, 3.05) is 7.11 Å². The summed E-state index contributed by atoms with van der Waals surface area (Å²) < 4.78 is 15.6. The summed E-state index contributed by atoms with van der Waals surface area (Å²) in [4.78, 5) is 50.4. The molecule has 0 bridgehead atoms. The van der Waals surface area contributed by atoms with Crippen LogP contribution in [0.25, 0.3) is 11.0 Å². The Bertz CT molecular complexity index is 1210. The van der Waals surface area contributed by atoms with Crippen molar-refractivity contribution in [3.05, 3.63) is 75.6 Å². The van der Waals surface area contributed by atoms with Gasteiger partial charge in [-0.05, 0) is 31.2 Å². The van der Waals surface area contributed by atoms with Gasteiger partial charge in [-0.25, -0.2) is 9.59 Å². The highest BCUT2D eigenvalue weighted by atomic mass is 16.5. The molecule has 1 aliphatic heterocycles. The largest absolute Gasteiger partial charge is 0.497 e. The monoisotopic (exact) mass is 407 g/mol. The van der Waals surface area contributed by atoms with Crippen LogP contribution in [0.2, 0.25) is 0 Å². The van der Waals surface area contributed by atoms with Crippen molar-refractivity contribution in [1.82, 2.24) is 4.90 Å². The lowest BCUT2D eigenvalue weighted by molar-refractivity contribution is -0.149. The van der Waals surface area contributed by atoms with E-state index in [1.54, 1.807) is 30.3 Å². The van der Waals surface area contributed by atoms with E-state index in [2.05, 4.69) is 0 Å². The molecule has 152 valence electrons. The lowest BCUT2D eigenvalue weighted by atomic mass is 10.1. The highest BCUT2D eigenvalue weighted by Crippen LogP contribution is 2.26. The molecule has 1 atom stereocenters. The van der Waals surface area contributed by atoms with E-state index >= 15 is 0 Å². The maximum Gasteiger partial charge on any atom is 0.336 e. The van der Waals surface area contributed by atoms with Crippen molar-refractivity contribution in [3.8, 4) is 5.75 Å². The normalized spacial score (nSPS) is 14.0. The Morgan fingerprint density at radius 2 is 1.70 bits per heavy atom. The van der Waals surface area contributed by atoms with E-state index < -0.39 is 29.5 Å². The van der Waals surface area contributed by atoms with Crippen molar-refractivity contribution in [2.45, 2.75) is 19.6 Å². The van der Waals surface area contributed by atoms with Crippen molar-refractivity contribution in [1.29, 1.82) is 0 Å². The number of imide groups is 1. The molecule has 2 heterocycles. The second-order valence-electron chi connectivity index (χ2n) is 6.76. The summed E-state index contributed by atoms with van der Waals surface area (Å²) in [5.41, 5.74) is 0.633. The van der Waals surface area contributed by atoms with E-state index in [9.17, 15) is 19.2 Å². The predicted molar refractivity (Wildman–Crippen MR) is 105 cm³/mol. The third kappa shape index (κ3) is 3.22. The van der Waals surface area contributed by atoms with E-state index in [0.29, 0.717) is 22.3 Å². The van der Waals surface area contributed by atoms with Gasteiger partial charge in [0.25, 0.3) is 11.8 Å². The van der Waals surface area contributed by atoms with Gasteiger partial charge in [0.15, 0.2) is 0 Å². The number of carbonyl (C=O) groups is 3. The minimum atomic E-state index is -1.12. The van der Waals surface area contributed by atoms with Gasteiger partial charge >= 0.3 is 11.6 Å². The van der Waals surface area contributed by atoms with Gasteiger partial charge < -0.3 is 13.9 Å². The summed E-state index contributed by atoms with van der Waals surface area (Å²) in [6, 6.07) is 11.4. The molecule has 8 nitrogen and oxygen atoms in total. The molecule has 2 amide bonds. The minimum Gasteiger partial charge on any atom is -0.497 e. The maximum atomic E-state index is 12.6. The van der Waals surface area contributed by atoms with Gasteiger partial charge in [-0.2, -0.15) is 0 Å². The summed E-state index contributed by atoms with van der Waals surface area (Å²) in [6.45, 7) is 1.20. The standard InChI is InChI=1S/C22H17NO7/c1-12(23-20(25)16-5-3-4-6-17(16)21(23)26)22(27)29-11-13-9-19(24)30-18-10-14(28-2)7-8-15(13)18/h3-10,12H,11H2,1-2H3/t12-/m1/s1. The van der Waals surface area contributed by atoms with Gasteiger partial charge in [-0.1, -0.05) is 12.1 Å². The van der Waals surface area contributed by atoms with Crippen molar-refractivity contribution in [2.24, 2.45) is 0 Å². The van der Waals surface area contributed by atoms with Gasteiger partial charge in [0.1, 0.15) is 24.0 Å². The number of rotatable bonds is 5. The van der Waals surface area contributed by atoms with Crippen LogP contribution in [0.3, 0.4) is 0 Å². The summed E-state index contributed by atoms with van der Waals surface area (Å²) in [5, 5.41) is 0.580. The fourth-order valence-corrected chi connectivity index (χ4v) is 3.39. The van der Waals surface area contributed by atoms with Gasteiger partial charge in [-0.3, -0.25) is 14.5 Å². The smallest absolute Gasteiger partial charge is 0.336 e. The molecule has 1 aliphatic rings. The van der Waals surface area contributed by atoms with Crippen LogP contribution in [-0.2, 0) is 16.1 Å². The molecule has 4 rings (SSSR count). The third-order valence-electron chi connectivity index (χ3n) is 4.96. The summed E-state index contributed by atoms with van der Waals surface area (Å²) in [5.74, 6) is -1.34. The van der Waals surface area contributed by atoms with Crippen LogP contribution in [0.1, 0.15) is 33.2 Å². The number of methoxy groups -OCH3 is 1. The van der Waals surface area contributed by atoms with E-state index in [0.717, 1.165) is 4.90 Å². The van der Waals surface area contributed by atoms with Crippen molar-refractivity contribution in [3.63, 3.8) is 0 Å². The van der Waals surface area contributed by atoms with Crippen LogP contribution in [0.5, 0.6) is 5.75 Å². The molecule has 0 saturated carbocycles. The SMILES string of the molecule is COc1ccc2c(COC(=O)[C@@H](C)N3C(=O)c4ccccc4C3=O)cc(=O)oc2c1. The average molecular weight is 407 g/mol. The van der Waals surface area contributed by atoms with E-state index in [4.69, 9.17) is 13.9 Å². The number of nitrogens with zero attached hydrogens (tertiary/aromatic N) is 1. The van der Waals surface area contributed by atoms with Crippen LogP contribution >= 0.6 is 0 Å². The number of ether oxygens (including phenoxy) is 2. The summed E-state index contributed by atoms with van der Waals surface area (Å²) in [7, 11) is 1.49. The van der Waals surface area contributed by atoms with Crippen molar-refractivity contribution < 1.29 is 28.3 Å². The van der Waals surface area contributed by atoms with E-state index in [-0.39, 0.29) is 17.7 Å². The molecule has 0 radical (unpaired) electrons. The molecule has 0 saturated heterocycles. The van der Waals surface area contributed by atoms with Crippen LogP contribution in [0.4, 0.5) is 0 Å². The minimum absolute atomic E-state index is 0.221. The Hall–Kier alpha value is -3.94. The van der Waals surface area contributed by atoms with Gasteiger partial charge in [0.2, 0.25) is 0 Å². The molecule has 3 aromatic rings. The number of amides is 2. The first-order chi connectivity index (χ1) is 14.4. The Balaban J connectivity index is 1.54. The predicted octanol–water partition coefficient (Wildman–Crippen LogP) is 2.53. The topological polar surface area (TPSA) is 103 Å². The lowest BCUT2D eigenvalue weighted by Gasteiger charge is -2.21. The first-order valence-electron chi connectivity index (χ1n) is 9.15. The fraction of sp³-hybridized carbons (Fsp3) is 0.182. The molecule has 0 aliphatic carbocycles. The van der Waals surface area contributed by atoms with Gasteiger partial charge in [-0.15, -0.1) is 0 Å². The highest BCUT2D eigenvalue weighted by molar-refractivity contribution is 6.22. The lowest BCUT2D eigenvalue weighted by Crippen LogP contribution is -2.43. The number of fused-ring (bicyclic) bond motifs is 2. The molecule has 0 fully saturated rings. The molecule has 0 N–H and O–H groups in total. The third-order valence-corrected chi connectivity index (χ3v) is 4.96. The molecular formula is C22H17NO7. The first kappa shape index (κ1) is 19.4. The van der Waals surface area contributed by atoms with E-state index in [1.165, 1.54) is 32.2 Å². The number of hydrogen-bond acceptors (Lipinski definition) is 7. The number of esters is 1. The molecule has 30 heavy (non-hydrogen) atoms.